The molecule has 1 aromatic heterocycles. The van der Waals surface area contributed by atoms with E-state index >= 15 is 0 Å². The van der Waals surface area contributed by atoms with Crippen LogP contribution < -0.4 is 4.74 Å². The summed E-state index contributed by atoms with van der Waals surface area (Å²) in [5.41, 5.74) is 2.99. The number of H-pyrrole nitrogens is 1. The summed E-state index contributed by atoms with van der Waals surface area (Å²) < 4.78 is 11.7. The molecule has 5 nitrogen and oxygen atoms in total. The van der Waals surface area contributed by atoms with Crippen molar-refractivity contribution in [1.29, 1.82) is 0 Å². The van der Waals surface area contributed by atoms with Gasteiger partial charge in [0, 0.05) is 43.4 Å². The highest BCUT2D eigenvalue weighted by Gasteiger charge is 2.57. The molecule has 4 heterocycles. The Morgan fingerprint density at radius 3 is 2.96 bits per heavy atom. The van der Waals surface area contributed by atoms with Gasteiger partial charge in [-0.3, -0.25) is 9.69 Å². The summed E-state index contributed by atoms with van der Waals surface area (Å²) in [7, 11) is 1.70. The molecule has 1 N–H and O–H groups in total. The molecule has 1 unspecified atom stereocenters. The van der Waals surface area contributed by atoms with Crippen LogP contribution in [0.4, 0.5) is 0 Å². The van der Waals surface area contributed by atoms with Crippen LogP contribution >= 0.6 is 0 Å². The number of rotatable bonds is 3. The Morgan fingerprint density at radius 1 is 1.37 bits per heavy atom. The molecule has 4 aliphatic rings. The molecule has 1 aromatic carbocycles. The maximum atomic E-state index is 12.2. The van der Waals surface area contributed by atoms with Crippen molar-refractivity contribution in [1.82, 2.24) is 9.88 Å². The highest BCUT2D eigenvalue weighted by molar-refractivity contribution is 5.87. The van der Waals surface area contributed by atoms with E-state index in [1.165, 1.54) is 17.4 Å². The van der Waals surface area contributed by atoms with Crippen LogP contribution in [0.2, 0.25) is 0 Å². The number of fused-ring (bicyclic) bond motifs is 4. The van der Waals surface area contributed by atoms with E-state index in [0.717, 1.165) is 49.4 Å². The largest absolute Gasteiger partial charge is 0.497 e. The van der Waals surface area contributed by atoms with Gasteiger partial charge in [0.25, 0.3) is 0 Å². The van der Waals surface area contributed by atoms with Crippen LogP contribution in [0, 0.1) is 17.8 Å². The molecule has 4 bridgehead atoms. The summed E-state index contributed by atoms with van der Waals surface area (Å²) in [5.74, 6) is 2.22. The first kappa shape index (κ1) is 17.1. The highest BCUT2D eigenvalue weighted by atomic mass is 16.6. The summed E-state index contributed by atoms with van der Waals surface area (Å²) in [4.78, 5) is 18.5. The number of hydrogen-bond donors (Lipinski definition) is 1. The van der Waals surface area contributed by atoms with Crippen molar-refractivity contribution < 1.29 is 14.3 Å². The van der Waals surface area contributed by atoms with Gasteiger partial charge in [-0.1, -0.05) is 13.3 Å². The lowest BCUT2D eigenvalue weighted by atomic mass is 9.63. The van der Waals surface area contributed by atoms with Gasteiger partial charge in [-0.15, -0.1) is 0 Å². The number of nitrogens with one attached hydrogen (secondary N) is 1. The van der Waals surface area contributed by atoms with E-state index in [2.05, 4.69) is 28.9 Å². The van der Waals surface area contributed by atoms with E-state index in [1.807, 2.05) is 6.07 Å². The van der Waals surface area contributed by atoms with Crippen molar-refractivity contribution in [2.45, 2.75) is 45.3 Å². The number of methoxy groups -OCH3 is 1. The zero-order chi connectivity index (χ0) is 18.8. The van der Waals surface area contributed by atoms with E-state index in [1.54, 1.807) is 14.0 Å². The first-order chi connectivity index (χ1) is 13.0. The first-order valence-electron chi connectivity index (χ1n) is 10.1. The van der Waals surface area contributed by atoms with Gasteiger partial charge in [0.1, 0.15) is 5.75 Å². The fourth-order valence-electron chi connectivity index (χ4n) is 6.19. The Bertz CT molecular complexity index is 904. The normalized spacial score (nSPS) is 34.2. The zero-order valence-electron chi connectivity index (χ0n) is 16.4. The van der Waals surface area contributed by atoms with Gasteiger partial charge in [-0.25, -0.2) is 0 Å². The molecule has 5 atom stereocenters. The fraction of sp³-hybridized carbons (Fsp3) is 0.591. The van der Waals surface area contributed by atoms with Crippen molar-refractivity contribution in [3.05, 3.63) is 29.5 Å². The van der Waals surface area contributed by atoms with Gasteiger partial charge >= 0.3 is 5.97 Å². The summed E-state index contributed by atoms with van der Waals surface area (Å²) in [6.45, 7) is 6.86. The van der Waals surface area contributed by atoms with Gasteiger partial charge in [-0.2, -0.15) is 0 Å². The van der Waals surface area contributed by atoms with Crippen LogP contribution in [-0.2, 0) is 21.7 Å². The van der Waals surface area contributed by atoms with Gasteiger partial charge in [-0.05, 0) is 48.4 Å². The van der Waals surface area contributed by atoms with Crippen molar-refractivity contribution in [3.8, 4) is 5.75 Å². The smallest absolute Gasteiger partial charge is 0.303 e. The van der Waals surface area contributed by atoms with E-state index in [0.29, 0.717) is 17.8 Å². The van der Waals surface area contributed by atoms with Crippen molar-refractivity contribution in [2.24, 2.45) is 17.8 Å². The molecule has 27 heavy (non-hydrogen) atoms. The second-order valence-electron chi connectivity index (χ2n) is 8.65. The third kappa shape index (κ3) is 2.44. The molecule has 3 fully saturated rings. The van der Waals surface area contributed by atoms with Crippen LogP contribution in [0.25, 0.3) is 10.9 Å². The number of benzene rings is 1. The topological polar surface area (TPSA) is 54.6 Å². The fourth-order valence-corrected chi connectivity index (χ4v) is 6.19. The molecule has 0 amide bonds. The van der Waals surface area contributed by atoms with E-state index in [9.17, 15) is 4.79 Å². The lowest BCUT2D eigenvalue weighted by Gasteiger charge is -2.47. The van der Waals surface area contributed by atoms with Gasteiger partial charge in [0.2, 0.25) is 0 Å². The molecule has 5 heteroatoms. The molecule has 1 saturated carbocycles. The molecule has 0 spiro atoms. The van der Waals surface area contributed by atoms with Crippen molar-refractivity contribution in [2.75, 3.05) is 20.2 Å². The highest BCUT2D eigenvalue weighted by Crippen LogP contribution is 2.56. The Kier molecular flexibility index (Phi) is 3.80. The quantitative estimate of drug-likeness (QED) is 0.837. The Balaban J connectivity index is 1.77. The summed E-state index contributed by atoms with van der Waals surface area (Å²) in [6.07, 6.45) is 3.33. The monoisotopic (exact) mass is 368 g/mol. The Morgan fingerprint density at radius 2 is 2.22 bits per heavy atom. The van der Waals surface area contributed by atoms with E-state index < -0.39 is 5.60 Å². The lowest BCUT2D eigenvalue weighted by Crippen LogP contribution is -2.49. The van der Waals surface area contributed by atoms with Gasteiger partial charge in [0.15, 0.2) is 5.60 Å². The minimum atomic E-state index is -0.526. The minimum Gasteiger partial charge on any atom is -0.497 e. The molecule has 3 aliphatic heterocycles. The van der Waals surface area contributed by atoms with Crippen LogP contribution in [0.5, 0.6) is 5.75 Å². The molecular formula is C22H28N2O3. The molecule has 1 aliphatic carbocycles. The zero-order valence-corrected chi connectivity index (χ0v) is 16.4. The van der Waals surface area contributed by atoms with Crippen LogP contribution in [0.3, 0.4) is 0 Å². The Hall–Kier alpha value is -2.01. The van der Waals surface area contributed by atoms with E-state index in [4.69, 9.17) is 9.47 Å². The Labute approximate surface area is 160 Å². The second kappa shape index (κ2) is 5.99. The number of esters is 1. The third-order valence-corrected chi connectivity index (χ3v) is 7.14. The number of carbonyl (C=O) groups is 1. The first-order valence-corrected chi connectivity index (χ1v) is 10.1. The summed E-state index contributed by atoms with van der Waals surface area (Å²) in [5, 5.41) is 1.19. The van der Waals surface area contributed by atoms with Crippen LogP contribution in [0.15, 0.2) is 18.2 Å². The van der Waals surface area contributed by atoms with Crippen LogP contribution in [-0.4, -0.2) is 36.1 Å². The third-order valence-electron chi connectivity index (χ3n) is 7.14. The maximum Gasteiger partial charge on any atom is 0.303 e. The molecule has 144 valence electrons. The number of aromatic amines is 1. The lowest BCUT2D eigenvalue weighted by molar-refractivity contribution is -0.177. The molecule has 2 saturated heterocycles. The standard InChI is InChI=1S/C22H28N2O3/c1-4-15-7-14-9-22(27-13(2)25)19(15)12-24(10-14)11-18-17-8-16(26-3)5-6-20(17)23-21(18)22/h5-6,8,14-15,19,23H,4,7,9-12H2,1-3H3/t14-,15+,19+,22+/m1/s1. The summed E-state index contributed by atoms with van der Waals surface area (Å²) in [6, 6.07) is 6.19. The maximum absolute atomic E-state index is 12.2. The molecule has 6 rings (SSSR count). The molecule has 2 aromatic rings. The SMILES string of the molecule is CC[C@H]1C[C@H]2CN3Cc4c([nH]c5ccc(OC)cc45)[C@](OC(C)=O)(C2)[C@H]1C3. The van der Waals surface area contributed by atoms with Crippen molar-refractivity contribution in [3.63, 3.8) is 0 Å². The van der Waals surface area contributed by atoms with Gasteiger partial charge < -0.3 is 14.5 Å². The number of carbonyl (C=O) groups excluding carboxylic acids is 1. The minimum absolute atomic E-state index is 0.173. The number of nitrogens with zero attached hydrogens (tertiary/aromatic N) is 1. The average Bonchev–Trinajstić information content (AvgIpc) is 2.75. The predicted molar refractivity (Wildman–Crippen MR) is 104 cm³/mol. The van der Waals surface area contributed by atoms with Gasteiger partial charge in [0.05, 0.1) is 12.8 Å². The summed E-state index contributed by atoms with van der Waals surface area (Å²) >= 11 is 0. The number of hydrogen-bond acceptors (Lipinski definition) is 4. The molecule has 0 radical (unpaired) electrons. The van der Waals surface area contributed by atoms with Crippen LogP contribution in [0.1, 0.15) is 44.4 Å². The van der Waals surface area contributed by atoms with Crippen molar-refractivity contribution >= 4 is 16.9 Å². The average molecular weight is 368 g/mol. The predicted octanol–water partition coefficient (Wildman–Crippen LogP) is 3.82. The number of ether oxygens (including phenoxy) is 2. The van der Waals surface area contributed by atoms with E-state index in [-0.39, 0.29) is 5.97 Å². The second-order valence-corrected chi connectivity index (χ2v) is 8.65. The molecular weight excluding hydrogens is 340 g/mol. The number of aromatic nitrogens is 1.